The van der Waals surface area contributed by atoms with Gasteiger partial charge in [0.05, 0.1) is 19.3 Å². The van der Waals surface area contributed by atoms with Crippen LogP contribution >= 0.6 is 11.8 Å². The van der Waals surface area contributed by atoms with E-state index in [0.29, 0.717) is 25.4 Å². The van der Waals surface area contributed by atoms with E-state index in [9.17, 15) is 9.59 Å². The SMILES string of the molecule is CC(=O)SCC1CN(C(=O)OC(C)(C)C)CCO1. The van der Waals surface area contributed by atoms with Crippen LogP contribution in [0.15, 0.2) is 0 Å². The lowest BCUT2D eigenvalue weighted by molar-refractivity contribution is -0.109. The predicted octanol–water partition coefficient (Wildman–Crippen LogP) is 1.90. The Morgan fingerprint density at radius 1 is 1.44 bits per heavy atom. The number of amides is 1. The molecule has 104 valence electrons. The molecule has 0 aromatic rings. The van der Waals surface area contributed by atoms with Gasteiger partial charge >= 0.3 is 6.09 Å². The minimum Gasteiger partial charge on any atom is -0.444 e. The maximum Gasteiger partial charge on any atom is 0.410 e. The smallest absolute Gasteiger partial charge is 0.410 e. The summed E-state index contributed by atoms with van der Waals surface area (Å²) in [6.07, 6.45) is -0.413. The summed E-state index contributed by atoms with van der Waals surface area (Å²) in [7, 11) is 0. The second-order valence-electron chi connectivity index (χ2n) is 5.22. The molecule has 1 unspecified atom stereocenters. The highest BCUT2D eigenvalue weighted by atomic mass is 32.2. The first kappa shape index (κ1) is 15.3. The van der Waals surface area contributed by atoms with Crippen LogP contribution < -0.4 is 0 Å². The summed E-state index contributed by atoms with van der Waals surface area (Å²) in [6.45, 7) is 8.56. The molecule has 1 aliphatic heterocycles. The Kier molecular flexibility index (Phi) is 5.47. The van der Waals surface area contributed by atoms with E-state index in [1.165, 1.54) is 18.7 Å². The zero-order valence-electron chi connectivity index (χ0n) is 11.4. The van der Waals surface area contributed by atoms with Crippen LogP contribution in [-0.4, -0.2) is 53.3 Å². The standard InChI is InChI=1S/C12H21NO4S/c1-9(14)18-8-10-7-13(5-6-16-10)11(15)17-12(2,3)4/h10H,5-8H2,1-4H3. The lowest BCUT2D eigenvalue weighted by Gasteiger charge is -2.34. The fourth-order valence-corrected chi connectivity index (χ4v) is 2.15. The molecule has 1 heterocycles. The van der Waals surface area contributed by atoms with Gasteiger partial charge in [0, 0.05) is 19.2 Å². The van der Waals surface area contributed by atoms with Crippen molar-refractivity contribution in [2.45, 2.75) is 39.4 Å². The molecule has 1 rings (SSSR count). The molecule has 0 aliphatic carbocycles. The maximum atomic E-state index is 11.9. The highest BCUT2D eigenvalue weighted by Crippen LogP contribution is 2.15. The molecular weight excluding hydrogens is 254 g/mol. The van der Waals surface area contributed by atoms with E-state index in [2.05, 4.69) is 0 Å². The van der Waals surface area contributed by atoms with Gasteiger partial charge in [-0.2, -0.15) is 0 Å². The summed E-state index contributed by atoms with van der Waals surface area (Å²) in [5.41, 5.74) is -0.487. The number of hydrogen-bond donors (Lipinski definition) is 0. The lowest BCUT2D eigenvalue weighted by atomic mass is 10.2. The lowest BCUT2D eigenvalue weighted by Crippen LogP contribution is -2.48. The minimum atomic E-state index is -0.487. The summed E-state index contributed by atoms with van der Waals surface area (Å²) < 4.78 is 10.8. The summed E-state index contributed by atoms with van der Waals surface area (Å²) in [6, 6.07) is 0. The molecule has 0 N–H and O–H groups in total. The van der Waals surface area contributed by atoms with Gasteiger partial charge in [0.1, 0.15) is 5.60 Å². The van der Waals surface area contributed by atoms with Crippen LogP contribution in [0.5, 0.6) is 0 Å². The van der Waals surface area contributed by atoms with Gasteiger partial charge in [0.2, 0.25) is 0 Å². The van der Waals surface area contributed by atoms with Crippen molar-refractivity contribution in [3.63, 3.8) is 0 Å². The summed E-state index contributed by atoms with van der Waals surface area (Å²) in [4.78, 5) is 24.4. The van der Waals surface area contributed by atoms with Crippen molar-refractivity contribution in [2.24, 2.45) is 0 Å². The molecule has 0 saturated carbocycles. The van der Waals surface area contributed by atoms with Crippen LogP contribution in [0.2, 0.25) is 0 Å². The maximum absolute atomic E-state index is 11.9. The quantitative estimate of drug-likeness (QED) is 0.770. The van der Waals surface area contributed by atoms with Gasteiger partial charge in [0.15, 0.2) is 5.12 Å². The number of hydrogen-bond acceptors (Lipinski definition) is 5. The van der Waals surface area contributed by atoms with Crippen molar-refractivity contribution in [1.82, 2.24) is 4.90 Å². The molecule has 0 spiro atoms. The molecule has 5 nitrogen and oxygen atoms in total. The van der Waals surface area contributed by atoms with Crippen molar-refractivity contribution >= 4 is 23.0 Å². The first-order valence-corrected chi connectivity index (χ1v) is 6.99. The molecule has 0 aromatic carbocycles. The topological polar surface area (TPSA) is 55.8 Å². The van der Waals surface area contributed by atoms with E-state index in [1.807, 2.05) is 20.8 Å². The highest BCUT2D eigenvalue weighted by Gasteiger charge is 2.28. The molecule has 1 atom stereocenters. The van der Waals surface area contributed by atoms with Crippen molar-refractivity contribution in [3.05, 3.63) is 0 Å². The van der Waals surface area contributed by atoms with E-state index in [-0.39, 0.29) is 17.3 Å². The van der Waals surface area contributed by atoms with E-state index < -0.39 is 5.60 Å². The van der Waals surface area contributed by atoms with Crippen LogP contribution in [-0.2, 0) is 14.3 Å². The molecule has 1 aliphatic rings. The first-order chi connectivity index (χ1) is 8.28. The predicted molar refractivity (Wildman–Crippen MR) is 70.7 cm³/mol. The van der Waals surface area contributed by atoms with Gasteiger partial charge in [-0.25, -0.2) is 4.79 Å². The second-order valence-corrected chi connectivity index (χ2v) is 6.42. The van der Waals surface area contributed by atoms with Crippen LogP contribution in [0.4, 0.5) is 4.79 Å². The largest absolute Gasteiger partial charge is 0.444 e. The average molecular weight is 275 g/mol. The van der Waals surface area contributed by atoms with E-state index in [0.717, 1.165) is 0 Å². The van der Waals surface area contributed by atoms with E-state index >= 15 is 0 Å². The van der Waals surface area contributed by atoms with Crippen molar-refractivity contribution in [2.75, 3.05) is 25.4 Å². The van der Waals surface area contributed by atoms with Crippen molar-refractivity contribution in [1.29, 1.82) is 0 Å². The van der Waals surface area contributed by atoms with E-state index in [1.54, 1.807) is 4.90 Å². The molecule has 6 heteroatoms. The molecular formula is C12H21NO4S. The number of rotatable bonds is 2. The van der Waals surface area contributed by atoms with Gasteiger partial charge in [-0.1, -0.05) is 11.8 Å². The summed E-state index contributed by atoms with van der Waals surface area (Å²) in [5.74, 6) is 0.578. The molecule has 1 amide bonds. The Labute approximate surface area is 112 Å². The van der Waals surface area contributed by atoms with Gasteiger partial charge in [0.25, 0.3) is 0 Å². The van der Waals surface area contributed by atoms with Gasteiger partial charge in [-0.05, 0) is 20.8 Å². The minimum absolute atomic E-state index is 0.0630. The summed E-state index contributed by atoms with van der Waals surface area (Å²) in [5, 5.41) is 0.0630. The Balaban J connectivity index is 2.43. The number of nitrogens with zero attached hydrogens (tertiary/aromatic N) is 1. The van der Waals surface area contributed by atoms with Gasteiger partial charge < -0.3 is 14.4 Å². The van der Waals surface area contributed by atoms with Gasteiger partial charge in [-0.15, -0.1) is 0 Å². The molecule has 0 aromatic heterocycles. The number of thioether (sulfide) groups is 1. The Morgan fingerprint density at radius 3 is 2.67 bits per heavy atom. The third kappa shape index (κ3) is 5.73. The zero-order valence-corrected chi connectivity index (χ0v) is 12.2. The van der Waals surface area contributed by atoms with Crippen LogP contribution in [0, 0.1) is 0 Å². The number of carbonyl (C=O) groups excluding carboxylic acids is 2. The first-order valence-electron chi connectivity index (χ1n) is 6.01. The molecule has 0 radical (unpaired) electrons. The van der Waals surface area contributed by atoms with Crippen molar-refractivity contribution in [3.8, 4) is 0 Å². The Morgan fingerprint density at radius 2 is 2.11 bits per heavy atom. The van der Waals surface area contributed by atoms with Gasteiger partial charge in [-0.3, -0.25) is 4.79 Å². The zero-order chi connectivity index (χ0) is 13.8. The average Bonchev–Trinajstić information content (AvgIpc) is 2.24. The third-order valence-electron chi connectivity index (χ3n) is 2.26. The fourth-order valence-electron chi connectivity index (χ4n) is 1.52. The normalized spacial score (nSPS) is 20.7. The van der Waals surface area contributed by atoms with Crippen molar-refractivity contribution < 1.29 is 19.1 Å². The second kappa shape index (κ2) is 6.43. The monoisotopic (exact) mass is 275 g/mol. The fraction of sp³-hybridized carbons (Fsp3) is 0.833. The Bertz CT molecular complexity index is 314. The summed E-state index contributed by atoms with van der Waals surface area (Å²) >= 11 is 1.22. The molecule has 18 heavy (non-hydrogen) atoms. The van der Waals surface area contributed by atoms with Crippen LogP contribution in [0.25, 0.3) is 0 Å². The third-order valence-corrected chi connectivity index (χ3v) is 3.21. The Hall–Kier alpha value is -0.750. The highest BCUT2D eigenvalue weighted by molar-refractivity contribution is 8.13. The molecule has 1 saturated heterocycles. The number of carbonyl (C=O) groups is 2. The van der Waals surface area contributed by atoms with Crippen LogP contribution in [0.1, 0.15) is 27.7 Å². The van der Waals surface area contributed by atoms with Crippen LogP contribution in [0.3, 0.4) is 0 Å². The number of ether oxygens (including phenoxy) is 2. The number of morpholine rings is 1. The molecule has 0 bridgehead atoms. The molecule has 1 fully saturated rings. The van der Waals surface area contributed by atoms with E-state index in [4.69, 9.17) is 9.47 Å².